The van der Waals surface area contributed by atoms with Crippen LogP contribution in [0.1, 0.15) is 13.3 Å². The van der Waals surface area contributed by atoms with Gasteiger partial charge in [0.1, 0.15) is 11.6 Å². The van der Waals surface area contributed by atoms with Crippen LogP contribution in [0.3, 0.4) is 0 Å². The summed E-state index contributed by atoms with van der Waals surface area (Å²) >= 11 is 0. The average Bonchev–Trinajstić information content (AvgIpc) is 2.43. The standard InChI is InChI=1S/C13H13F3N4/c1-2-4-17-13-18-5-3-12(20-13)19-11-7-9(15)8(14)6-10(11)16/h3,5-7H,2,4H2,1H3,(H2,17,18,19,20). The second-order valence-corrected chi connectivity index (χ2v) is 4.06. The third-order valence-electron chi connectivity index (χ3n) is 2.46. The maximum absolute atomic E-state index is 13.5. The van der Waals surface area contributed by atoms with Crippen molar-refractivity contribution in [3.8, 4) is 0 Å². The number of anilines is 3. The summed E-state index contributed by atoms with van der Waals surface area (Å²) in [7, 11) is 0. The highest BCUT2D eigenvalue weighted by Crippen LogP contribution is 2.22. The van der Waals surface area contributed by atoms with Crippen molar-refractivity contribution < 1.29 is 13.2 Å². The zero-order valence-electron chi connectivity index (χ0n) is 10.8. The summed E-state index contributed by atoms with van der Waals surface area (Å²) in [5, 5.41) is 5.55. The number of benzene rings is 1. The van der Waals surface area contributed by atoms with Crippen LogP contribution in [0.15, 0.2) is 24.4 Å². The first kappa shape index (κ1) is 14.1. The highest BCUT2D eigenvalue weighted by Gasteiger charge is 2.10. The summed E-state index contributed by atoms with van der Waals surface area (Å²) in [5.74, 6) is -2.61. The Hall–Kier alpha value is -2.31. The molecule has 0 aliphatic rings. The summed E-state index contributed by atoms with van der Waals surface area (Å²) in [4.78, 5) is 8.07. The van der Waals surface area contributed by atoms with Crippen molar-refractivity contribution in [2.45, 2.75) is 13.3 Å². The molecule has 0 aliphatic heterocycles. The minimum absolute atomic E-state index is 0.191. The Labute approximate surface area is 114 Å². The van der Waals surface area contributed by atoms with E-state index >= 15 is 0 Å². The molecule has 0 saturated heterocycles. The summed E-state index contributed by atoms with van der Waals surface area (Å²) in [6.45, 7) is 2.69. The van der Waals surface area contributed by atoms with Gasteiger partial charge in [-0.3, -0.25) is 0 Å². The molecule has 0 saturated carbocycles. The highest BCUT2D eigenvalue weighted by molar-refractivity contribution is 5.57. The van der Waals surface area contributed by atoms with Gasteiger partial charge in [0.05, 0.1) is 5.69 Å². The normalized spacial score (nSPS) is 10.4. The third-order valence-corrected chi connectivity index (χ3v) is 2.46. The molecule has 1 aromatic carbocycles. The second kappa shape index (κ2) is 6.23. The molecule has 0 amide bonds. The van der Waals surface area contributed by atoms with Crippen molar-refractivity contribution in [2.24, 2.45) is 0 Å². The predicted octanol–water partition coefficient (Wildman–Crippen LogP) is 3.46. The van der Waals surface area contributed by atoms with Gasteiger partial charge in [-0.2, -0.15) is 4.98 Å². The molecular formula is C13H13F3N4. The number of hydrogen-bond donors (Lipinski definition) is 2. The predicted molar refractivity (Wildman–Crippen MR) is 70.4 cm³/mol. The van der Waals surface area contributed by atoms with E-state index in [9.17, 15) is 13.2 Å². The van der Waals surface area contributed by atoms with E-state index in [0.717, 1.165) is 12.5 Å². The van der Waals surface area contributed by atoms with E-state index in [2.05, 4.69) is 20.6 Å². The molecule has 20 heavy (non-hydrogen) atoms. The van der Waals surface area contributed by atoms with Gasteiger partial charge in [-0.15, -0.1) is 0 Å². The molecule has 0 bridgehead atoms. The van der Waals surface area contributed by atoms with Crippen LogP contribution in [0.2, 0.25) is 0 Å². The Morgan fingerprint density at radius 3 is 2.60 bits per heavy atom. The van der Waals surface area contributed by atoms with Gasteiger partial charge >= 0.3 is 0 Å². The minimum atomic E-state index is -1.24. The Kier molecular flexibility index (Phi) is 4.39. The molecule has 0 fully saturated rings. The van der Waals surface area contributed by atoms with Gasteiger partial charge in [0.25, 0.3) is 0 Å². The fourth-order valence-corrected chi connectivity index (χ4v) is 1.51. The summed E-state index contributed by atoms with van der Waals surface area (Å²) in [6, 6.07) is 2.72. The van der Waals surface area contributed by atoms with Crippen LogP contribution in [-0.2, 0) is 0 Å². The van der Waals surface area contributed by atoms with Crippen molar-refractivity contribution in [3.63, 3.8) is 0 Å². The first-order valence-corrected chi connectivity index (χ1v) is 6.08. The maximum Gasteiger partial charge on any atom is 0.224 e. The van der Waals surface area contributed by atoms with Crippen LogP contribution < -0.4 is 10.6 Å². The topological polar surface area (TPSA) is 49.8 Å². The third kappa shape index (κ3) is 3.37. The fraction of sp³-hybridized carbons (Fsp3) is 0.231. The zero-order chi connectivity index (χ0) is 14.5. The highest BCUT2D eigenvalue weighted by atomic mass is 19.2. The maximum atomic E-state index is 13.5. The second-order valence-electron chi connectivity index (χ2n) is 4.06. The SMILES string of the molecule is CCCNc1nccc(Nc2cc(F)c(F)cc2F)n1. The Morgan fingerprint density at radius 1 is 1.10 bits per heavy atom. The number of aromatic nitrogens is 2. The number of nitrogens with one attached hydrogen (secondary N) is 2. The quantitative estimate of drug-likeness (QED) is 0.825. The molecular weight excluding hydrogens is 269 g/mol. The van der Waals surface area contributed by atoms with Crippen molar-refractivity contribution in [3.05, 3.63) is 41.8 Å². The average molecular weight is 282 g/mol. The zero-order valence-corrected chi connectivity index (χ0v) is 10.8. The summed E-state index contributed by atoms with van der Waals surface area (Å²) in [6.07, 6.45) is 2.38. The number of hydrogen-bond acceptors (Lipinski definition) is 4. The molecule has 2 N–H and O–H groups in total. The van der Waals surface area contributed by atoms with Crippen LogP contribution in [-0.4, -0.2) is 16.5 Å². The van der Waals surface area contributed by atoms with E-state index in [4.69, 9.17) is 0 Å². The molecule has 0 unspecified atom stereocenters. The van der Waals surface area contributed by atoms with E-state index < -0.39 is 17.5 Å². The van der Waals surface area contributed by atoms with E-state index in [1.807, 2.05) is 6.92 Å². The van der Waals surface area contributed by atoms with E-state index in [-0.39, 0.29) is 11.5 Å². The van der Waals surface area contributed by atoms with E-state index in [1.54, 1.807) is 0 Å². The lowest BCUT2D eigenvalue weighted by Gasteiger charge is -2.09. The lowest BCUT2D eigenvalue weighted by molar-refractivity contribution is 0.496. The lowest BCUT2D eigenvalue weighted by atomic mass is 10.3. The molecule has 1 aromatic heterocycles. The largest absolute Gasteiger partial charge is 0.354 e. The first-order valence-electron chi connectivity index (χ1n) is 6.08. The van der Waals surface area contributed by atoms with Gasteiger partial charge in [-0.05, 0) is 12.5 Å². The first-order chi connectivity index (χ1) is 9.60. The number of halogens is 3. The molecule has 0 spiro atoms. The van der Waals surface area contributed by atoms with Crippen molar-refractivity contribution in [1.82, 2.24) is 9.97 Å². The summed E-state index contributed by atoms with van der Waals surface area (Å²) in [5.41, 5.74) is -0.191. The van der Waals surface area contributed by atoms with Crippen molar-refractivity contribution in [2.75, 3.05) is 17.2 Å². The molecule has 2 aromatic rings. The van der Waals surface area contributed by atoms with Gasteiger partial charge in [0.15, 0.2) is 11.6 Å². The van der Waals surface area contributed by atoms with Crippen molar-refractivity contribution in [1.29, 1.82) is 0 Å². The van der Waals surface area contributed by atoms with Crippen molar-refractivity contribution >= 4 is 17.5 Å². The monoisotopic (exact) mass is 282 g/mol. The molecule has 4 nitrogen and oxygen atoms in total. The van der Waals surface area contributed by atoms with Crippen LogP contribution in [0.5, 0.6) is 0 Å². The Bertz CT molecular complexity index is 604. The number of nitrogens with zero attached hydrogens (tertiary/aromatic N) is 2. The molecule has 7 heteroatoms. The smallest absolute Gasteiger partial charge is 0.224 e. The Morgan fingerprint density at radius 2 is 1.85 bits per heavy atom. The molecule has 106 valence electrons. The van der Waals surface area contributed by atoms with Gasteiger partial charge in [0.2, 0.25) is 5.95 Å². The van der Waals surface area contributed by atoms with Crippen LogP contribution in [0, 0.1) is 17.5 Å². The minimum Gasteiger partial charge on any atom is -0.354 e. The molecule has 0 radical (unpaired) electrons. The summed E-state index contributed by atoms with van der Waals surface area (Å²) < 4.78 is 39.4. The van der Waals surface area contributed by atoms with Gasteiger partial charge in [0, 0.05) is 24.9 Å². The number of rotatable bonds is 5. The molecule has 0 atom stereocenters. The molecule has 1 heterocycles. The van der Waals surface area contributed by atoms with Gasteiger partial charge < -0.3 is 10.6 Å². The Balaban J connectivity index is 2.19. The lowest BCUT2D eigenvalue weighted by Crippen LogP contribution is -2.06. The van der Waals surface area contributed by atoms with Crippen LogP contribution >= 0.6 is 0 Å². The van der Waals surface area contributed by atoms with E-state index in [1.165, 1.54) is 12.3 Å². The van der Waals surface area contributed by atoms with Crippen LogP contribution in [0.4, 0.5) is 30.6 Å². The van der Waals surface area contributed by atoms with Gasteiger partial charge in [-0.1, -0.05) is 6.92 Å². The molecule has 0 aliphatic carbocycles. The molecule has 2 rings (SSSR count). The fourth-order valence-electron chi connectivity index (χ4n) is 1.51. The van der Waals surface area contributed by atoms with E-state index in [0.29, 0.717) is 18.6 Å². The van der Waals surface area contributed by atoms with Gasteiger partial charge in [-0.25, -0.2) is 18.2 Å². The van der Waals surface area contributed by atoms with Crippen LogP contribution in [0.25, 0.3) is 0 Å².